The summed E-state index contributed by atoms with van der Waals surface area (Å²) >= 11 is 0. The third-order valence-corrected chi connectivity index (χ3v) is 7.96. The van der Waals surface area contributed by atoms with Crippen LogP contribution in [0.3, 0.4) is 0 Å². The van der Waals surface area contributed by atoms with Gasteiger partial charge in [-0.3, -0.25) is 0 Å². The average molecular weight is 407 g/mol. The molecule has 2 aromatic carbocycles. The quantitative estimate of drug-likeness (QED) is 0.596. The Balaban J connectivity index is 2.48. The Morgan fingerprint density at radius 2 is 1.41 bits per heavy atom. The Morgan fingerprint density at radius 3 is 1.89 bits per heavy atom. The van der Waals surface area contributed by atoms with Gasteiger partial charge in [-0.25, -0.2) is 16.8 Å². The number of carbonyl (C=O) groups excluding carboxylic acids is 1. The molecule has 0 N–H and O–H groups in total. The van der Waals surface area contributed by atoms with Crippen LogP contribution in [0, 0.1) is 5.92 Å². The van der Waals surface area contributed by atoms with Crippen molar-refractivity contribution in [2.45, 2.75) is 29.6 Å². The van der Waals surface area contributed by atoms with Gasteiger partial charge in [-0.2, -0.15) is 0 Å². The first-order valence-electron chi connectivity index (χ1n) is 8.53. The first-order valence-corrected chi connectivity index (χ1v) is 11.7. The van der Waals surface area contributed by atoms with Gasteiger partial charge in [0.25, 0.3) is 0 Å². The molecule has 0 amide bonds. The zero-order valence-corrected chi connectivity index (χ0v) is 16.6. The minimum Gasteiger partial charge on any atom is -0.303 e. The number of sulfone groups is 2. The van der Waals surface area contributed by atoms with Gasteiger partial charge in [0, 0.05) is 5.92 Å². The summed E-state index contributed by atoms with van der Waals surface area (Å²) in [4.78, 5) is 11.0. The predicted molar refractivity (Wildman–Crippen MR) is 105 cm³/mol. The molecular weight excluding hydrogens is 384 g/mol. The molecular formula is C20H22O5S2. The lowest BCUT2D eigenvalue weighted by Crippen LogP contribution is -2.16. The highest BCUT2D eigenvalue weighted by Gasteiger charge is 2.27. The van der Waals surface area contributed by atoms with Crippen LogP contribution >= 0.6 is 0 Å². The van der Waals surface area contributed by atoms with E-state index in [1.165, 1.54) is 30.3 Å². The zero-order valence-electron chi connectivity index (χ0n) is 15.0. The molecule has 0 aliphatic heterocycles. The number of hydrogen-bond donors (Lipinski definition) is 0. The maximum Gasteiger partial charge on any atom is 0.203 e. The molecule has 0 fully saturated rings. The summed E-state index contributed by atoms with van der Waals surface area (Å²) in [6, 6.07) is 15.4. The lowest BCUT2D eigenvalue weighted by molar-refractivity contribution is -0.111. The maximum absolute atomic E-state index is 13.0. The van der Waals surface area contributed by atoms with Crippen LogP contribution in [-0.2, 0) is 24.5 Å². The van der Waals surface area contributed by atoms with Gasteiger partial charge in [-0.15, -0.1) is 0 Å². The number of hydrogen-bond acceptors (Lipinski definition) is 5. The molecule has 0 heterocycles. The second-order valence-electron chi connectivity index (χ2n) is 6.10. The number of carbonyl (C=O) groups is 1. The molecule has 1 atom stereocenters. The lowest BCUT2D eigenvalue weighted by atomic mass is 10.0. The molecule has 0 aliphatic rings. The first kappa shape index (κ1) is 21.1. The fourth-order valence-corrected chi connectivity index (χ4v) is 5.95. The standard InChI is InChI=1S/C20H22O5S2/c1-2-17(15-21)13-14-20(27(24,25)19-11-7-4-8-12-19)16-26(22,23)18-9-5-3-6-10-18/h3-12,14-15,17H,2,13,16H2,1H3/b20-14-. The van der Waals surface area contributed by atoms with Crippen LogP contribution in [0.1, 0.15) is 19.8 Å². The van der Waals surface area contributed by atoms with Gasteiger partial charge in [0.15, 0.2) is 9.84 Å². The first-order chi connectivity index (χ1) is 12.8. The van der Waals surface area contributed by atoms with Crippen molar-refractivity contribution in [3.63, 3.8) is 0 Å². The Labute approximate surface area is 160 Å². The summed E-state index contributed by atoms with van der Waals surface area (Å²) in [5.41, 5.74) is 0. The molecule has 0 aromatic heterocycles. The number of allylic oxidation sites excluding steroid dienone is 1. The zero-order chi connectivity index (χ0) is 19.9. The van der Waals surface area contributed by atoms with Crippen molar-refractivity contribution in [2.24, 2.45) is 5.92 Å². The minimum absolute atomic E-state index is 0.0265. The van der Waals surface area contributed by atoms with E-state index in [0.717, 1.165) is 6.29 Å². The van der Waals surface area contributed by atoms with Crippen molar-refractivity contribution in [2.75, 3.05) is 5.75 Å². The predicted octanol–water partition coefficient (Wildman–Crippen LogP) is 3.43. The van der Waals surface area contributed by atoms with Crippen LogP contribution in [0.15, 0.2) is 81.4 Å². The van der Waals surface area contributed by atoms with E-state index < -0.39 is 25.4 Å². The van der Waals surface area contributed by atoms with Gasteiger partial charge in [-0.05, 0) is 37.1 Å². The molecule has 0 radical (unpaired) electrons. The van der Waals surface area contributed by atoms with Crippen LogP contribution in [0.4, 0.5) is 0 Å². The van der Waals surface area contributed by atoms with Gasteiger partial charge in [0.1, 0.15) is 6.29 Å². The third-order valence-electron chi connectivity index (χ3n) is 4.20. The summed E-state index contributed by atoms with van der Waals surface area (Å²) in [6.45, 7) is 1.82. The van der Waals surface area contributed by atoms with Crippen LogP contribution in [-0.4, -0.2) is 28.9 Å². The normalized spacial score (nSPS) is 13.9. The number of rotatable bonds is 9. The van der Waals surface area contributed by atoms with Crippen LogP contribution < -0.4 is 0 Å². The second-order valence-corrected chi connectivity index (χ2v) is 10.1. The Hall–Kier alpha value is -2.25. The number of benzene rings is 2. The summed E-state index contributed by atoms with van der Waals surface area (Å²) in [6.07, 6.45) is 2.84. The van der Waals surface area contributed by atoms with Crippen molar-refractivity contribution in [1.82, 2.24) is 0 Å². The van der Waals surface area contributed by atoms with Gasteiger partial charge in [0.2, 0.25) is 9.84 Å². The molecule has 0 bridgehead atoms. The second kappa shape index (κ2) is 9.10. The molecule has 2 rings (SSSR count). The van der Waals surface area contributed by atoms with Crippen molar-refractivity contribution in [3.05, 3.63) is 71.6 Å². The van der Waals surface area contributed by atoms with E-state index in [2.05, 4.69) is 0 Å². The van der Waals surface area contributed by atoms with E-state index in [9.17, 15) is 21.6 Å². The molecule has 1 unspecified atom stereocenters. The molecule has 5 nitrogen and oxygen atoms in total. The Morgan fingerprint density at radius 1 is 0.889 bits per heavy atom. The fraction of sp³-hybridized carbons (Fsp3) is 0.250. The SMILES string of the molecule is CCC(C=O)C/C=C(/CS(=O)(=O)c1ccccc1)S(=O)(=O)c1ccccc1. The molecule has 0 spiro atoms. The molecule has 0 saturated carbocycles. The Bertz CT molecular complexity index is 993. The highest BCUT2D eigenvalue weighted by molar-refractivity contribution is 7.98. The molecule has 2 aromatic rings. The highest BCUT2D eigenvalue weighted by Crippen LogP contribution is 2.24. The molecule has 144 valence electrons. The summed E-state index contributed by atoms with van der Waals surface area (Å²) < 4.78 is 51.5. The number of aldehydes is 1. The molecule has 0 aliphatic carbocycles. The van der Waals surface area contributed by atoms with Crippen LogP contribution in [0.25, 0.3) is 0 Å². The molecule has 0 saturated heterocycles. The Kier molecular flexibility index (Phi) is 7.10. The maximum atomic E-state index is 13.0. The third kappa shape index (κ3) is 5.37. The van der Waals surface area contributed by atoms with Crippen LogP contribution in [0.5, 0.6) is 0 Å². The van der Waals surface area contributed by atoms with Crippen molar-refractivity contribution < 1.29 is 21.6 Å². The van der Waals surface area contributed by atoms with E-state index in [0.29, 0.717) is 6.42 Å². The summed E-state index contributed by atoms with van der Waals surface area (Å²) in [5.74, 6) is -1.01. The highest BCUT2D eigenvalue weighted by atomic mass is 32.2. The summed E-state index contributed by atoms with van der Waals surface area (Å²) in [5, 5.41) is 0. The van der Waals surface area contributed by atoms with Crippen molar-refractivity contribution in [1.29, 1.82) is 0 Å². The van der Waals surface area contributed by atoms with E-state index in [-0.39, 0.29) is 27.0 Å². The van der Waals surface area contributed by atoms with Gasteiger partial charge >= 0.3 is 0 Å². The minimum atomic E-state index is -3.99. The smallest absolute Gasteiger partial charge is 0.203 e. The summed E-state index contributed by atoms with van der Waals surface area (Å²) in [7, 11) is -7.84. The van der Waals surface area contributed by atoms with Gasteiger partial charge < -0.3 is 4.79 Å². The molecule has 27 heavy (non-hydrogen) atoms. The average Bonchev–Trinajstić information content (AvgIpc) is 2.69. The largest absolute Gasteiger partial charge is 0.303 e. The van der Waals surface area contributed by atoms with Gasteiger partial charge in [0.05, 0.1) is 20.4 Å². The van der Waals surface area contributed by atoms with Crippen molar-refractivity contribution in [3.8, 4) is 0 Å². The van der Waals surface area contributed by atoms with Crippen molar-refractivity contribution >= 4 is 26.0 Å². The fourth-order valence-electron chi connectivity index (χ4n) is 2.50. The van der Waals surface area contributed by atoms with E-state index in [4.69, 9.17) is 0 Å². The van der Waals surface area contributed by atoms with E-state index in [1.54, 1.807) is 36.4 Å². The van der Waals surface area contributed by atoms with Crippen LogP contribution in [0.2, 0.25) is 0 Å². The monoisotopic (exact) mass is 406 g/mol. The topological polar surface area (TPSA) is 85.3 Å². The molecule has 7 heteroatoms. The van der Waals surface area contributed by atoms with Gasteiger partial charge in [-0.1, -0.05) is 49.4 Å². The van der Waals surface area contributed by atoms with E-state index in [1.807, 2.05) is 6.92 Å². The van der Waals surface area contributed by atoms with E-state index >= 15 is 0 Å². The lowest BCUT2D eigenvalue weighted by Gasteiger charge is -2.12.